The highest BCUT2D eigenvalue weighted by molar-refractivity contribution is 5.95. The number of hydrogen-bond donors (Lipinski definition) is 1. The average Bonchev–Trinajstić information content (AvgIpc) is 3.32. The summed E-state index contributed by atoms with van der Waals surface area (Å²) in [4.78, 5) is 16.5. The number of rotatable bonds is 2. The van der Waals surface area contributed by atoms with Gasteiger partial charge in [-0.05, 0) is 19.9 Å². The van der Waals surface area contributed by atoms with Crippen molar-refractivity contribution in [3.8, 4) is 22.3 Å². The molecule has 0 bridgehead atoms. The number of H-pyrrole nitrogens is 1. The minimum atomic E-state index is 0.689. The number of aromatic nitrogens is 7. The van der Waals surface area contributed by atoms with E-state index >= 15 is 0 Å². The second kappa shape index (κ2) is 5.26. The second-order valence-corrected chi connectivity index (χ2v) is 6.47. The Morgan fingerprint density at radius 2 is 1.88 bits per heavy atom. The van der Waals surface area contributed by atoms with Gasteiger partial charge in [0.2, 0.25) is 5.78 Å². The van der Waals surface area contributed by atoms with Gasteiger partial charge in [-0.15, -0.1) is 0 Å². The number of imidazole rings is 1. The van der Waals surface area contributed by atoms with Gasteiger partial charge < -0.3 is 4.98 Å². The molecule has 0 fully saturated rings. The van der Waals surface area contributed by atoms with Crippen molar-refractivity contribution in [2.45, 2.75) is 13.8 Å². The SMILES string of the molecule is Cc1nn(C)c(C)c1-c1cnc2[nH]cc(-c3cnc4nccn4c3)c2c1. The molecule has 0 saturated carbocycles. The summed E-state index contributed by atoms with van der Waals surface area (Å²) >= 11 is 0. The molecule has 128 valence electrons. The Hall–Kier alpha value is -3.48. The fourth-order valence-electron chi connectivity index (χ4n) is 3.53. The van der Waals surface area contributed by atoms with Gasteiger partial charge in [-0.2, -0.15) is 5.10 Å². The lowest BCUT2D eigenvalue weighted by Crippen LogP contribution is -1.93. The maximum Gasteiger partial charge on any atom is 0.233 e. The van der Waals surface area contributed by atoms with Crippen LogP contribution in [0.25, 0.3) is 39.1 Å². The van der Waals surface area contributed by atoms with Crippen LogP contribution in [0, 0.1) is 13.8 Å². The standard InChI is InChI=1S/C19H17N7/c1-11-17(12(2)25(3)24-11)13-6-15-16(9-22-18(15)21-7-13)14-8-23-19-20-4-5-26(19)10-14/h4-10H,1-3H3,(H,21,22). The fraction of sp³-hybridized carbons (Fsp3) is 0.158. The highest BCUT2D eigenvalue weighted by Gasteiger charge is 2.15. The van der Waals surface area contributed by atoms with Gasteiger partial charge >= 0.3 is 0 Å². The number of aromatic amines is 1. The fourth-order valence-corrected chi connectivity index (χ4v) is 3.53. The first kappa shape index (κ1) is 14.8. The van der Waals surface area contributed by atoms with Crippen molar-refractivity contribution >= 4 is 16.8 Å². The number of nitrogens with one attached hydrogen (secondary N) is 1. The van der Waals surface area contributed by atoms with Crippen molar-refractivity contribution in [1.29, 1.82) is 0 Å². The van der Waals surface area contributed by atoms with Crippen LogP contribution in [0.2, 0.25) is 0 Å². The zero-order chi connectivity index (χ0) is 17.8. The van der Waals surface area contributed by atoms with Gasteiger partial charge in [0.05, 0.1) is 5.69 Å². The van der Waals surface area contributed by atoms with E-state index in [1.165, 1.54) is 0 Å². The lowest BCUT2D eigenvalue weighted by atomic mass is 10.0. The van der Waals surface area contributed by atoms with E-state index in [1.54, 1.807) is 6.20 Å². The van der Waals surface area contributed by atoms with Crippen LogP contribution in [-0.2, 0) is 7.05 Å². The Labute approximate surface area is 149 Å². The van der Waals surface area contributed by atoms with Crippen LogP contribution < -0.4 is 0 Å². The van der Waals surface area contributed by atoms with Gasteiger partial charge in [0.15, 0.2) is 0 Å². The zero-order valence-corrected chi connectivity index (χ0v) is 14.7. The van der Waals surface area contributed by atoms with Crippen LogP contribution in [0.3, 0.4) is 0 Å². The zero-order valence-electron chi connectivity index (χ0n) is 14.7. The van der Waals surface area contributed by atoms with Gasteiger partial charge in [-0.1, -0.05) is 0 Å². The van der Waals surface area contributed by atoms with Crippen LogP contribution in [0.15, 0.2) is 43.2 Å². The van der Waals surface area contributed by atoms with E-state index in [9.17, 15) is 0 Å². The molecule has 5 heterocycles. The quantitative estimate of drug-likeness (QED) is 0.533. The van der Waals surface area contributed by atoms with E-state index in [-0.39, 0.29) is 0 Å². The third-order valence-electron chi connectivity index (χ3n) is 4.89. The van der Waals surface area contributed by atoms with E-state index in [2.05, 4.69) is 38.0 Å². The van der Waals surface area contributed by atoms with Crippen molar-refractivity contribution in [3.05, 3.63) is 54.6 Å². The number of hydrogen-bond acceptors (Lipinski definition) is 4. The summed E-state index contributed by atoms with van der Waals surface area (Å²) in [5.74, 6) is 0.689. The molecule has 0 aromatic carbocycles. The molecule has 0 unspecified atom stereocenters. The molecule has 0 aliphatic rings. The lowest BCUT2D eigenvalue weighted by molar-refractivity contribution is 0.731. The summed E-state index contributed by atoms with van der Waals surface area (Å²) in [6.45, 7) is 4.11. The normalized spacial score (nSPS) is 11.7. The van der Waals surface area contributed by atoms with Gasteiger partial charge in [0, 0.05) is 77.6 Å². The molecule has 0 aliphatic carbocycles. The molecule has 5 rings (SSSR count). The maximum atomic E-state index is 4.62. The first-order chi connectivity index (χ1) is 12.6. The first-order valence-corrected chi connectivity index (χ1v) is 8.38. The maximum absolute atomic E-state index is 4.62. The largest absolute Gasteiger partial charge is 0.346 e. The number of fused-ring (bicyclic) bond motifs is 2. The van der Waals surface area contributed by atoms with Gasteiger partial charge in [-0.3, -0.25) is 9.08 Å². The Morgan fingerprint density at radius 1 is 1.04 bits per heavy atom. The summed E-state index contributed by atoms with van der Waals surface area (Å²) in [5, 5.41) is 5.59. The van der Waals surface area contributed by atoms with Crippen molar-refractivity contribution < 1.29 is 0 Å². The molecular formula is C19H17N7. The molecule has 0 amide bonds. The van der Waals surface area contributed by atoms with Gasteiger partial charge in [-0.25, -0.2) is 15.0 Å². The Kier molecular flexibility index (Phi) is 3.00. The van der Waals surface area contributed by atoms with Crippen molar-refractivity contribution in [2.24, 2.45) is 7.05 Å². The molecule has 7 heteroatoms. The monoisotopic (exact) mass is 343 g/mol. The summed E-state index contributed by atoms with van der Waals surface area (Å²) in [5.41, 5.74) is 7.27. The van der Waals surface area contributed by atoms with E-state index in [1.807, 2.05) is 54.0 Å². The van der Waals surface area contributed by atoms with Gasteiger partial charge in [0.25, 0.3) is 0 Å². The summed E-state index contributed by atoms with van der Waals surface area (Å²) in [7, 11) is 1.96. The van der Waals surface area contributed by atoms with Crippen LogP contribution in [-0.4, -0.2) is 34.1 Å². The van der Waals surface area contributed by atoms with Gasteiger partial charge in [0.1, 0.15) is 5.65 Å². The Bertz CT molecular complexity index is 1270. The third-order valence-corrected chi connectivity index (χ3v) is 4.89. The second-order valence-electron chi connectivity index (χ2n) is 6.47. The molecule has 7 nitrogen and oxygen atoms in total. The molecule has 0 saturated heterocycles. The molecular weight excluding hydrogens is 326 g/mol. The Morgan fingerprint density at radius 3 is 2.69 bits per heavy atom. The van der Waals surface area contributed by atoms with Crippen molar-refractivity contribution in [3.63, 3.8) is 0 Å². The third kappa shape index (κ3) is 2.07. The van der Waals surface area contributed by atoms with Crippen LogP contribution >= 0.6 is 0 Å². The molecule has 0 aliphatic heterocycles. The number of pyridine rings is 1. The minimum absolute atomic E-state index is 0.689. The average molecular weight is 343 g/mol. The first-order valence-electron chi connectivity index (χ1n) is 8.38. The van der Waals surface area contributed by atoms with E-state index in [4.69, 9.17) is 0 Å². The number of aryl methyl sites for hydroxylation is 2. The van der Waals surface area contributed by atoms with Crippen molar-refractivity contribution in [2.75, 3.05) is 0 Å². The molecule has 26 heavy (non-hydrogen) atoms. The molecule has 0 spiro atoms. The molecule has 0 atom stereocenters. The molecule has 0 radical (unpaired) electrons. The lowest BCUT2D eigenvalue weighted by Gasteiger charge is -2.04. The summed E-state index contributed by atoms with van der Waals surface area (Å²) < 4.78 is 3.82. The van der Waals surface area contributed by atoms with Crippen LogP contribution in [0.5, 0.6) is 0 Å². The van der Waals surface area contributed by atoms with E-state index in [0.29, 0.717) is 5.78 Å². The predicted octanol–water partition coefficient (Wildman–Crippen LogP) is 3.29. The number of nitrogens with zero attached hydrogens (tertiary/aromatic N) is 6. The predicted molar refractivity (Wildman–Crippen MR) is 99.8 cm³/mol. The van der Waals surface area contributed by atoms with E-state index < -0.39 is 0 Å². The highest BCUT2D eigenvalue weighted by atomic mass is 15.3. The topological polar surface area (TPSA) is 76.7 Å². The minimum Gasteiger partial charge on any atom is -0.346 e. The summed E-state index contributed by atoms with van der Waals surface area (Å²) in [6, 6.07) is 2.17. The van der Waals surface area contributed by atoms with Crippen LogP contribution in [0.1, 0.15) is 11.4 Å². The molecule has 5 aromatic rings. The van der Waals surface area contributed by atoms with Crippen molar-refractivity contribution in [1.82, 2.24) is 34.1 Å². The Balaban J connectivity index is 1.72. The molecule has 1 N–H and O–H groups in total. The summed E-state index contributed by atoms with van der Waals surface area (Å²) in [6.07, 6.45) is 11.4. The smallest absolute Gasteiger partial charge is 0.233 e. The molecule has 5 aromatic heterocycles. The van der Waals surface area contributed by atoms with Crippen LogP contribution in [0.4, 0.5) is 0 Å². The van der Waals surface area contributed by atoms with E-state index in [0.717, 1.165) is 44.7 Å². The highest BCUT2D eigenvalue weighted by Crippen LogP contribution is 2.32.